The van der Waals surface area contributed by atoms with Crippen LogP contribution in [0.25, 0.3) is 0 Å². The summed E-state index contributed by atoms with van der Waals surface area (Å²) in [6.45, 7) is 6.76. The Morgan fingerprint density at radius 2 is 1.96 bits per heavy atom. The van der Waals surface area contributed by atoms with E-state index in [1.54, 1.807) is 13.0 Å². The van der Waals surface area contributed by atoms with Crippen molar-refractivity contribution in [2.45, 2.75) is 33.2 Å². The van der Waals surface area contributed by atoms with Gasteiger partial charge in [-0.05, 0) is 42.7 Å². The van der Waals surface area contributed by atoms with Crippen LogP contribution in [0, 0.1) is 13.8 Å². The second kappa shape index (κ2) is 5.41. The first kappa shape index (κ1) is 14.8. The molecule has 1 atom stereocenters. The number of fused-ring (bicyclic) bond motifs is 1. The molecular formula is C20H19N3O. The Bertz CT molecular complexity index is 955. The van der Waals surface area contributed by atoms with Crippen LogP contribution in [0.1, 0.15) is 57.1 Å². The number of nitrogens with zero attached hydrogens (tertiary/aromatic N) is 3. The highest BCUT2D eigenvalue weighted by molar-refractivity contribution is 5.92. The van der Waals surface area contributed by atoms with E-state index < -0.39 is 0 Å². The van der Waals surface area contributed by atoms with E-state index in [1.165, 1.54) is 22.4 Å². The van der Waals surface area contributed by atoms with Crippen molar-refractivity contribution in [2.24, 2.45) is 0 Å². The minimum Gasteiger partial charge on any atom is -0.327 e. The number of aromatic nitrogens is 3. The molecule has 1 aliphatic rings. The molecular weight excluding hydrogens is 298 g/mol. The summed E-state index contributed by atoms with van der Waals surface area (Å²) in [6.07, 6.45) is 1.89. The second-order valence-electron chi connectivity index (χ2n) is 6.43. The molecule has 0 saturated carbocycles. The Morgan fingerprint density at radius 3 is 2.62 bits per heavy atom. The number of hydrogen-bond acceptors (Lipinski definition) is 3. The van der Waals surface area contributed by atoms with Crippen molar-refractivity contribution >= 4 is 5.78 Å². The van der Waals surface area contributed by atoms with Gasteiger partial charge in [0.05, 0.1) is 35.9 Å². The number of pyridine rings is 1. The predicted octanol–water partition coefficient (Wildman–Crippen LogP) is 3.64. The molecule has 0 aliphatic carbocycles. The highest BCUT2D eigenvalue weighted by atomic mass is 16.1. The van der Waals surface area contributed by atoms with Gasteiger partial charge in [0.15, 0.2) is 5.78 Å². The predicted molar refractivity (Wildman–Crippen MR) is 92.4 cm³/mol. The maximum absolute atomic E-state index is 11.8. The van der Waals surface area contributed by atoms with Crippen molar-refractivity contribution in [3.05, 3.63) is 82.2 Å². The third-order valence-corrected chi connectivity index (χ3v) is 4.85. The Kier molecular flexibility index (Phi) is 3.34. The van der Waals surface area contributed by atoms with Crippen molar-refractivity contribution in [2.75, 3.05) is 0 Å². The summed E-state index contributed by atoms with van der Waals surface area (Å²) in [7, 11) is 0. The van der Waals surface area contributed by atoms with E-state index in [0.717, 1.165) is 17.9 Å². The lowest BCUT2D eigenvalue weighted by molar-refractivity contribution is 0.101. The topological polar surface area (TPSA) is 47.8 Å². The van der Waals surface area contributed by atoms with Gasteiger partial charge in [0.2, 0.25) is 0 Å². The maximum atomic E-state index is 11.8. The van der Waals surface area contributed by atoms with Crippen molar-refractivity contribution < 1.29 is 4.79 Å². The molecule has 4 rings (SSSR count). The van der Waals surface area contributed by atoms with Crippen LogP contribution in [-0.4, -0.2) is 20.3 Å². The third-order valence-electron chi connectivity index (χ3n) is 4.85. The van der Waals surface area contributed by atoms with Gasteiger partial charge in [-0.3, -0.25) is 4.79 Å². The maximum Gasteiger partial charge on any atom is 0.178 e. The van der Waals surface area contributed by atoms with E-state index in [-0.39, 0.29) is 11.7 Å². The van der Waals surface area contributed by atoms with Crippen LogP contribution < -0.4 is 0 Å². The first-order valence-electron chi connectivity index (χ1n) is 8.14. The second-order valence-corrected chi connectivity index (χ2v) is 6.43. The third kappa shape index (κ3) is 2.35. The molecule has 4 nitrogen and oxygen atoms in total. The standard InChI is InChI=1S/C20H19N3O/c1-12-6-4-7-15(13(12)2)19(20-18-10-23(18)11-21-20)17-9-5-8-16(22-17)14(3)24/h4-9,11,19H,10H2,1-3H3. The van der Waals surface area contributed by atoms with Gasteiger partial charge in [-0.25, -0.2) is 9.97 Å². The number of hydrogen-bond donors (Lipinski definition) is 0. The van der Waals surface area contributed by atoms with Gasteiger partial charge in [0.1, 0.15) is 5.69 Å². The Balaban J connectivity index is 1.92. The van der Waals surface area contributed by atoms with Gasteiger partial charge in [0.25, 0.3) is 0 Å². The smallest absolute Gasteiger partial charge is 0.178 e. The molecule has 0 amide bonds. The average molecular weight is 317 g/mol. The van der Waals surface area contributed by atoms with E-state index in [2.05, 4.69) is 46.6 Å². The number of carbonyl (C=O) groups is 1. The number of carbonyl (C=O) groups excluding carboxylic acids is 1. The molecule has 3 heterocycles. The van der Waals surface area contributed by atoms with Crippen LogP contribution >= 0.6 is 0 Å². The molecule has 0 spiro atoms. The average Bonchev–Trinajstić information content (AvgIpc) is 3.25. The van der Waals surface area contributed by atoms with E-state index in [9.17, 15) is 4.79 Å². The molecule has 0 saturated heterocycles. The normalized spacial score (nSPS) is 13.5. The Hall–Kier alpha value is -2.75. The number of Topliss-reactive ketones (excluding diaryl/α,β-unsaturated/α-hetero) is 1. The fourth-order valence-electron chi connectivity index (χ4n) is 3.25. The molecule has 0 bridgehead atoms. The molecule has 0 N–H and O–H groups in total. The van der Waals surface area contributed by atoms with Crippen molar-refractivity contribution in [3.8, 4) is 0 Å². The minimum absolute atomic E-state index is 0.0165. The first-order chi connectivity index (χ1) is 11.6. The molecule has 2 aromatic heterocycles. The zero-order valence-corrected chi connectivity index (χ0v) is 14.1. The molecule has 0 radical (unpaired) electrons. The molecule has 1 unspecified atom stereocenters. The van der Waals surface area contributed by atoms with Gasteiger partial charge in [0, 0.05) is 6.92 Å². The summed E-state index contributed by atoms with van der Waals surface area (Å²) in [4.78, 5) is 21.0. The first-order valence-corrected chi connectivity index (χ1v) is 8.14. The highest BCUT2D eigenvalue weighted by Crippen LogP contribution is 2.38. The zero-order valence-electron chi connectivity index (χ0n) is 14.1. The number of benzene rings is 1. The lowest BCUT2D eigenvalue weighted by Gasteiger charge is -2.19. The summed E-state index contributed by atoms with van der Waals surface area (Å²) in [5.41, 5.74) is 7.40. The monoisotopic (exact) mass is 317 g/mol. The summed E-state index contributed by atoms with van der Waals surface area (Å²) in [5.74, 6) is -0.0554. The van der Waals surface area contributed by atoms with E-state index in [0.29, 0.717) is 5.69 Å². The Morgan fingerprint density at radius 1 is 1.17 bits per heavy atom. The van der Waals surface area contributed by atoms with E-state index in [1.807, 2.05) is 18.5 Å². The quantitative estimate of drug-likeness (QED) is 0.540. The van der Waals surface area contributed by atoms with Gasteiger partial charge >= 0.3 is 0 Å². The molecule has 4 heteroatoms. The van der Waals surface area contributed by atoms with E-state index in [4.69, 9.17) is 0 Å². The SMILES string of the molecule is CC(=O)c1cccc(C(c2cccc(C)c2C)c2ncn3c2C3)n1. The number of imidazole rings is 1. The fourth-order valence-corrected chi connectivity index (χ4v) is 3.25. The largest absolute Gasteiger partial charge is 0.327 e. The molecule has 1 aliphatic heterocycles. The lowest BCUT2D eigenvalue weighted by Crippen LogP contribution is -2.11. The zero-order chi connectivity index (χ0) is 16.8. The minimum atomic E-state index is -0.0389. The van der Waals surface area contributed by atoms with Crippen LogP contribution in [0.5, 0.6) is 0 Å². The summed E-state index contributed by atoms with van der Waals surface area (Å²) < 4.78 is 2.14. The van der Waals surface area contributed by atoms with Crippen LogP contribution in [0.4, 0.5) is 0 Å². The Labute approximate surface area is 141 Å². The van der Waals surface area contributed by atoms with E-state index >= 15 is 0 Å². The van der Waals surface area contributed by atoms with Crippen molar-refractivity contribution in [3.63, 3.8) is 0 Å². The molecule has 1 aromatic carbocycles. The lowest BCUT2D eigenvalue weighted by atomic mass is 9.86. The van der Waals surface area contributed by atoms with Crippen LogP contribution in [-0.2, 0) is 6.54 Å². The van der Waals surface area contributed by atoms with Crippen LogP contribution in [0.3, 0.4) is 0 Å². The van der Waals surface area contributed by atoms with Gasteiger partial charge < -0.3 is 4.57 Å². The number of aryl methyl sites for hydroxylation is 1. The summed E-state index contributed by atoms with van der Waals surface area (Å²) >= 11 is 0. The van der Waals surface area contributed by atoms with Crippen molar-refractivity contribution in [1.29, 1.82) is 0 Å². The van der Waals surface area contributed by atoms with Crippen LogP contribution in [0.2, 0.25) is 0 Å². The molecule has 120 valence electrons. The summed E-state index contributed by atoms with van der Waals surface area (Å²) in [6, 6.07) is 12.0. The highest BCUT2D eigenvalue weighted by Gasteiger charge is 2.31. The van der Waals surface area contributed by atoms with Crippen LogP contribution in [0.15, 0.2) is 42.7 Å². The van der Waals surface area contributed by atoms with Gasteiger partial charge in [-0.15, -0.1) is 0 Å². The fraction of sp³-hybridized carbons (Fsp3) is 0.250. The van der Waals surface area contributed by atoms with Gasteiger partial charge in [-0.1, -0.05) is 24.3 Å². The molecule has 24 heavy (non-hydrogen) atoms. The molecule has 0 fully saturated rings. The van der Waals surface area contributed by atoms with Crippen molar-refractivity contribution in [1.82, 2.24) is 14.5 Å². The number of rotatable bonds is 4. The summed E-state index contributed by atoms with van der Waals surface area (Å²) in [5, 5.41) is 0. The number of ketones is 1. The van der Waals surface area contributed by atoms with Gasteiger partial charge in [-0.2, -0.15) is 0 Å². The molecule has 3 aromatic rings.